The van der Waals surface area contributed by atoms with Crippen molar-refractivity contribution in [1.82, 2.24) is 0 Å². The van der Waals surface area contributed by atoms with Gasteiger partial charge in [-0.05, 0) is 48.4 Å². The number of Topliss-reactive ketones (excluding diaryl/α,β-unsaturated/α-hetero) is 1. The number of carbonyl (C=O) groups excluding carboxylic acids is 1. The molecule has 0 aliphatic heterocycles. The Hall–Kier alpha value is -2.06. The molecule has 24 heavy (non-hydrogen) atoms. The van der Waals surface area contributed by atoms with Crippen molar-refractivity contribution in [2.75, 3.05) is 0 Å². The van der Waals surface area contributed by atoms with Gasteiger partial charge in [-0.2, -0.15) is 21.6 Å². The summed E-state index contributed by atoms with van der Waals surface area (Å²) in [5, 5.41) is 0.426. The van der Waals surface area contributed by atoms with Crippen LogP contribution in [0, 0.1) is 0 Å². The van der Waals surface area contributed by atoms with Crippen molar-refractivity contribution in [2.24, 2.45) is 0 Å². The first-order valence-corrected chi connectivity index (χ1v) is 8.21. The van der Waals surface area contributed by atoms with Crippen LogP contribution in [0.25, 0.3) is 11.1 Å². The molecule has 0 amide bonds. The molecule has 0 aliphatic carbocycles. The van der Waals surface area contributed by atoms with Gasteiger partial charge in [0.25, 0.3) is 0 Å². The number of alkyl halides is 3. The zero-order valence-corrected chi connectivity index (χ0v) is 13.7. The van der Waals surface area contributed by atoms with Crippen LogP contribution in [0.2, 0.25) is 5.02 Å². The van der Waals surface area contributed by atoms with E-state index in [0.29, 0.717) is 10.6 Å². The largest absolute Gasteiger partial charge is 0.534 e. The van der Waals surface area contributed by atoms with Crippen molar-refractivity contribution in [2.45, 2.75) is 12.4 Å². The van der Waals surface area contributed by atoms with Gasteiger partial charge in [0.05, 0.1) is 0 Å². The molecular weight excluding hydrogens is 369 g/mol. The van der Waals surface area contributed by atoms with E-state index in [1.807, 2.05) is 0 Å². The third kappa shape index (κ3) is 3.88. The molecule has 0 saturated carbocycles. The minimum atomic E-state index is -5.80. The molecule has 0 N–H and O–H groups in total. The third-order valence-electron chi connectivity index (χ3n) is 3.01. The first-order valence-electron chi connectivity index (χ1n) is 6.43. The molecule has 0 heterocycles. The smallest absolute Gasteiger partial charge is 0.376 e. The summed E-state index contributed by atoms with van der Waals surface area (Å²) >= 11 is 5.77. The second kappa shape index (κ2) is 6.45. The number of carbonyl (C=O) groups is 1. The van der Waals surface area contributed by atoms with E-state index in [2.05, 4.69) is 4.18 Å². The molecule has 0 unspecified atom stereocenters. The highest BCUT2D eigenvalue weighted by Crippen LogP contribution is 2.32. The van der Waals surface area contributed by atoms with Crippen LogP contribution in [0.3, 0.4) is 0 Å². The summed E-state index contributed by atoms with van der Waals surface area (Å²) in [6.45, 7) is 1.28. The van der Waals surface area contributed by atoms with E-state index in [0.717, 1.165) is 12.1 Å². The molecule has 4 nitrogen and oxygen atoms in total. The minimum Gasteiger partial charge on any atom is -0.376 e. The molecular formula is C15H10ClF3O4S. The van der Waals surface area contributed by atoms with Gasteiger partial charge >= 0.3 is 15.6 Å². The van der Waals surface area contributed by atoms with E-state index in [-0.39, 0.29) is 16.9 Å². The Morgan fingerprint density at radius 3 is 2.17 bits per heavy atom. The molecule has 0 fully saturated rings. The van der Waals surface area contributed by atoms with Crippen LogP contribution < -0.4 is 4.18 Å². The number of hydrogen-bond acceptors (Lipinski definition) is 4. The third-order valence-corrected chi connectivity index (χ3v) is 4.25. The standard InChI is InChI=1S/C15H10ClF3O4S/c1-9(20)13-7-6-12(23-24(21,22)15(17,18)19)8-14(13)10-2-4-11(16)5-3-10/h2-8H,1H3. The predicted molar refractivity (Wildman–Crippen MR) is 82.5 cm³/mol. The average Bonchev–Trinajstić information content (AvgIpc) is 2.46. The number of halogens is 4. The molecule has 0 aromatic heterocycles. The summed E-state index contributed by atoms with van der Waals surface area (Å²) in [6, 6.07) is 9.40. The van der Waals surface area contributed by atoms with E-state index >= 15 is 0 Å². The molecule has 0 atom stereocenters. The van der Waals surface area contributed by atoms with Crippen LogP contribution in [0.4, 0.5) is 13.2 Å². The zero-order chi connectivity index (χ0) is 18.1. The quantitative estimate of drug-likeness (QED) is 0.448. The lowest BCUT2D eigenvalue weighted by Crippen LogP contribution is -2.28. The monoisotopic (exact) mass is 378 g/mol. The van der Waals surface area contributed by atoms with E-state index in [1.54, 1.807) is 12.1 Å². The van der Waals surface area contributed by atoms with Crippen LogP contribution >= 0.6 is 11.6 Å². The number of benzene rings is 2. The normalized spacial score (nSPS) is 12.0. The summed E-state index contributed by atoms with van der Waals surface area (Å²) in [4.78, 5) is 11.7. The summed E-state index contributed by atoms with van der Waals surface area (Å²) in [5.74, 6) is -0.896. The predicted octanol–water partition coefficient (Wildman–Crippen LogP) is 4.44. The molecule has 128 valence electrons. The lowest BCUT2D eigenvalue weighted by molar-refractivity contribution is -0.0500. The minimum absolute atomic E-state index is 0.203. The number of ketones is 1. The highest BCUT2D eigenvalue weighted by molar-refractivity contribution is 7.88. The van der Waals surface area contributed by atoms with Crippen molar-refractivity contribution in [3.63, 3.8) is 0 Å². The topological polar surface area (TPSA) is 60.4 Å². The maximum Gasteiger partial charge on any atom is 0.534 e. The molecule has 2 aromatic carbocycles. The van der Waals surface area contributed by atoms with Gasteiger partial charge in [-0.25, -0.2) is 0 Å². The first-order chi connectivity index (χ1) is 11.0. The number of hydrogen-bond donors (Lipinski definition) is 0. The second-order valence-electron chi connectivity index (χ2n) is 4.75. The summed E-state index contributed by atoms with van der Waals surface area (Å²) < 4.78 is 63.5. The van der Waals surface area contributed by atoms with Crippen LogP contribution in [-0.2, 0) is 10.1 Å². The molecule has 9 heteroatoms. The molecule has 2 aromatic rings. The van der Waals surface area contributed by atoms with Crippen molar-refractivity contribution in [3.05, 3.63) is 53.1 Å². The van der Waals surface area contributed by atoms with Gasteiger partial charge < -0.3 is 4.18 Å². The summed E-state index contributed by atoms with van der Waals surface area (Å²) in [5.41, 5.74) is -4.64. The Balaban J connectivity index is 2.53. The Bertz CT molecular complexity index is 875. The average molecular weight is 379 g/mol. The van der Waals surface area contributed by atoms with Crippen molar-refractivity contribution in [3.8, 4) is 16.9 Å². The zero-order valence-electron chi connectivity index (χ0n) is 12.1. The van der Waals surface area contributed by atoms with Gasteiger partial charge in [0.15, 0.2) is 5.78 Å². The van der Waals surface area contributed by atoms with Crippen LogP contribution in [0.15, 0.2) is 42.5 Å². The summed E-state index contributed by atoms with van der Waals surface area (Å²) in [6.07, 6.45) is 0. The maximum atomic E-state index is 12.4. The molecule has 0 saturated heterocycles. The van der Waals surface area contributed by atoms with Crippen LogP contribution in [-0.4, -0.2) is 19.7 Å². The fraction of sp³-hybridized carbons (Fsp3) is 0.133. The lowest BCUT2D eigenvalue weighted by Gasteiger charge is -2.13. The van der Waals surface area contributed by atoms with Crippen molar-refractivity contribution >= 4 is 27.5 Å². The Kier molecular flexibility index (Phi) is 4.91. The molecule has 0 aliphatic rings. The fourth-order valence-corrected chi connectivity index (χ4v) is 2.50. The second-order valence-corrected chi connectivity index (χ2v) is 6.73. The van der Waals surface area contributed by atoms with E-state index in [1.165, 1.54) is 25.1 Å². The van der Waals surface area contributed by atoms with Crippen LogP contribution in [0.5, 0.6) is 5.75 Å². The number of rotatable bonds is 4. The lowest BCUT2D eigenvalue weighted by atomic mass is 9.97. The maximum absolute atomic E-state index is 12.4. The van der Waals surface area contributed by atoms with Gasteiger partial charge in [0.1, 0.15) is 5.75 Å². The van der Waals surface area contributed by atoms with E-state index in [9.17, 15) is 26.4 Å². The molecule has 0 bridgehead atoms. The Morgan fingerprint density at radius 2 is 1.67 bits per heavy atom. The highest BCUT2D eigenvalue weighted by Gasteiger charge is 2.48. The highest BCUT2D eigenvalue weighted by atomic mass is 35.5. The van der Waals surface area contributed by atoms with Gasteiger partial charge in [-0.3, -0.25) is 4.79 Å². The van der Waals surface area contributed by atoms with Gasteiger partial charge in [0, 0.05) is 10.6 Å². The van der Waals surface area contributed by atoms with E-state index in [4.69, 9.17) is 11.6 Å². The van der Waals surface area contributed by atoms with Gasteiger partial charge in [-0.15, -0.1) is 0 Å². The Labute approximate surface area is 140 Å². The van der Waals surface area contributed by atoms with Crippen molar-refractivity contribution < 1.29 is 30.6 Å². The molecule has 0 spiro atoms. The Morgan fingerprint density at radius 1 is 1.08 bits per heavy atom. The SMILES string of the molecule is CC(=O)c1ccc(OS(=O)(=O)C(F)(F)F)cc1-c1ccc(Cl)cc1. The molecule has 2 rings (SSSR count). The van der Waals surface area contributed by atoms with Crippen LogP contribution in [0.1, 0.15) is 17.3 Å². The van der Waals surface area contributed by atoms with Crippen molar-refractivity contribution in [1.29, 1.82) is 0 Å². The fourth-order valence-electron chi connectivity index (χ4n) is 1.92. The molecule has 0 radical (unpaired) electrons. The van der Waals surface area contributed by atoms with Gasteiger partial charge in [0.2, 0.25) is 0 Å². The van der Waals surface area contributed by atoms with Gasteiger partial charge in [-0.1, -0.05) is 23.7 Å². The first kappa shape index (κ1) is 18.3. The van der Waals surface area contributed by atoms with E-state index < -0.39 is 21.4 Å². The summed E-state index contributed by atoms with van der Waals surface area (Å²) in [7, 11) is -5.80.